The van der Waals surface area contributed by atoms with Gasteiger partial charge in [0, 0.05) is 18.4 Å². The second-order valence-corrected chi connectivity index (χ2v) is 7.23. The number of hydrogen-bond acceptors (Lipinski definition) is 6. The second-order valence-electron chi connectivity index (χ2n) is 7.23. The normalized spacial score (nSPS) is 16.3. The van der Waals surface area contributed by atoms with Crippen molar-refractivity contribution >= 4 is 11.6 Å². The first-order valence-electron chi connectivity index (χ1n) is 10.0. The predicted molar refractivity (Wildman–Crippen MR) is 115 cm³/mol. The van der Waals surface area contributed by atoms with E-state index >= 15 is 0 Å². The molecule has 2 aromatic carbocycles. The first kappa shape index (κ1) is 21.5. The molecule has 3 aromatic rings. The van der Waals surface area contributed by atoms with Crippen molar-refractivity contribution in [3.63, 3.8) is 0 Å². The molecular weight excluding hydrogens is 415 g/mol. The third-order valence-electron chi connectivity index (χ3n) is 5.30. The number of allylic oxidation sites excluding steroid dienone is 1. The van der Waals surface area contributed by atoms with Crippen molar-refractivity contribution in [2.24, 2.45) is 0 Å². The summed E-state index contributed by atoms with van der Waals surface area (Å²) in [7, 11) is 3.16. The molecule has 0 saturated carbocycles. The molecule has 1 aromatic heterocycles. The summed E-state index contributed by atoms with van der Waals surface area (Å²) < 4.78 is 29.5. The molecule has 0 bridgehead atoms. The minimum atomic E-state index is -0.583. The molecule has 1 atom stereocenters. The fourth-order valence-corrected chi connectivity index (χ4v) is 3.63. The molecule has 9 heteroatoms. The number of nitrogens with one attached hydrogen (secondary N) is 1. The summed E-state index contributed by atoms with van der Waals surface area (Å²) in [4.78, 5) is 19.0. The van der Waals surface area contributed by atoms with Crippen LogP contribution in [-0.4, -0.2) is 48.4 Å². The van der Waals surface area contributed by atoms with Gasteiger partial charge in [-0.3, -0.25) is 4.90 Å². The van der Waals surface area contributed by atoms with Crippen molar-refractivity contribution in [1.29, 1.82) is 0 Å². The maximum Gasteiger partial charge on any atom is 0.322 e. The van der Waals surface area contributed by atoms with Gasteiger partial charge in [-0.15, -0.1) is 0 Å². The topological polar surface area (TPSA) is 89.7 Å². The zero-order chi connectivity index (χ0) is 22.7. The summed E-state index contributed by atoms with van der Waals surface area (Å²) in [5, 5.41) is 7.09. The number of rotatable bonds is 7. The lowest BCUT2D eigenvalue weighted by atomic mass is 9.94. The van der Waals surface area contributed by atoms with Gasteiger partial charge in [0.05, 0.1) is 31.9 Å². The lowest BCUT2D eigenvalue weighted by molar-refractivity contribution is 0.158. The Morgan fingerprint density at radius 1 is 1.19 bits per heavy atom. The standard InChI is InChI=1S/C23H23FN4O4/c1-14-19(22-26-21(27-32-22)16-5-4-6-18(13-16)31-3)20(15-7-9-17(24)10-8-15)25-23(29)28(14)11-12-30-2/h4-10,13,20H,11-12H2,1-3H3,(H,25,29). The maximum atomic E-state index is 13.5. The smallest absolute Gasteiger partial charge is 0.322 e. The van der Waals surface area contributed by atoms with Crippen LogP contribution >= 0.6 is 0 Å². The van der Waals surface area contributed by atoms with E-state index in [9.17, 15) is 9.18 Å². The molecule has 0 spiro atoms. The SMILES string of the molecule is COCCN1C(=O)NC(c2ccc(F)cc2)C(c2nc(-c3cccc(OC)c3)no2)=C1C. The Balaban J connectivity index is 1.79. The molecule has 1 N–H and O–H groups in total. The van der Waals surface area contributed by atoms with Crippen LogP contribution in [0.4, 0.5) is 9.18 Å². The summed E-state index contributed by atoms with van der Waals surface area (Å²) in [6, 6.07) is 12.4. The summed E-state index contributed by atoms with van der Waals surface area (Å²) in [5.74, 6) is 0.955. The van der Waals surface area contributed by atoms with Gasteiger partial charge < -0.3 is 19.3 Å². The van der Waals surface area contributed by atoms with Gasteiger partial charge in [0.15, 0.2) is 0 Å². The van der Waals surface area contributed by atoms with Crippen molar-refractivity contribution in [3.8, 4) is 17.1 Å². The Morgan fingerprint density at radius 2 is 1.97 bits per heavy atom. The number of aromatic nitrogens is 2. The van der Waals surface area contributed by atoms with Crippen LogP contribution in [0.1, 0.15) is 24.4 Å². The highest BCUT2D eigenvalue weighted by atomic mass is 19.1. The van der Waals surface area contributed by atoms with E-state index in [1.165, 1.54) is 12.1 Å². The van der Waals surface area contributed by atoms with Crippen molar-refractivity contribution in [2.45, 2.75) is 13.0 Å². The zero-order valence-electron chi connectivity index (χ0n) is 18.0. The molecule has 0 aliphatic carbocycles. The first-order chi connectivity index (χ1) is 15.5. The molecule has 1 aliphatic rings. The lowest BCUT2D eigenvalue weighted by Crippen LogP contribution is -2.47. The van der Waals surface area contributed by atoms with Gasteiger partial charge in [-0.2, -0.15) is 4.98 Å². The van der Waals surface area contributed by atoms with Gasteiger partial charge in [-0.25, -0.2) is 9.18 Å². The van der Waals surface area contributed by atoms with Gasteiger partial charge >= 0.3 is 6.03 Å². The van der Waals surface area contributed by atoms with Crippen LogP contribution in [0.25, 0.3) is 17.0 Å². The van der Waals surface area contributed by atoms with Crippen LogP contribution in [0.15, 0.2) is 58.8 Å². The average Bonchev–Trinajstić information content (AvgIpc) is 3.29. The molecule has 2 heterocycles. The van der Waals surface area contributed by atoms with Gasteiger partial charge in [-0.1, -0.05) is 29.4 Å². The van der Waals surface area contributed by atoms with Crippen LogP contribution in [-0.2, 0) is 4.74 Å². The van der Waals surface area contributed by atoms with Crippen LogP contribution in [0, 0.1) is 5.82 Å². The second kappa shape index (κ2) is 9.19. The first-order valence-corrected chi connectivity index (χ1v) is 10.0. The number of hydrogen-bond donors (Lipinski definition) is 1. The molecule has 2 amide bonds. The molecule has 32 heavy (non-hydrogen) atoms. The van der Waals surface area contributed by atoms with Crippen LogP contribution in [0.5, 0.6) is 5.75 Å². The van der Waals surface area contributed by atoms with E-state index in [0.717, 1.165) is 5.56 Å². The lowest BCUT2D eigenvalue weighted by Gasteiger charge is -2.35. The van der Waals surface area contributed by atoms with Gasteiger partial charge in [0.1, 0.15) is 11.6 Å². The number of methoxy groups -OCH3 is 2. The van der Waals surface area contributed by atoms with Gasteiger partial charge in [-0.05, 0) is 36.8 Å². The van der Waals surface area contributed by atoms with Crippen LogP contribution in [0.3, 0.4) is 0 Å². The molecule has 4 rings (SSSR count). The number of ether oxygens (including phenoxy) is 2. The molecule has 1 unspecified atom stereocenters. The Kier molecular flexibility index (Phi) is 6.18. The number of urea groups is 1. The van der Waals surface area contributed by atoms with Crippen molar-refractivity contribution in [3.05, 3.63) is 71.5 Å². The Bertz CT molecular complexity index is 1140. The highest BCUT2D eigenvalue weighted by Gasteiger charge is 2.35. The highest BCUT2D eigenvalue weighted by molar-refractivity contribution is 5.86. The molecule has 0 saturated heterocycles. The zero-order valence-corrected chi connectivity index (χ0v) is 18.0. The highest BCUT2D eigenvalue weighted by Crippen LogP contribution is 2.37. The Hall–Kier alpha value is -3.72. The van der Waals surface area contributed by atoms with E-state index < -0.39 is 6.04 Å². The minimum absolute atomic E-state index is 0.261. The van der Waals surface area contributed by atoms with E-state index in [-0.39, 0.29) is 17.7 Å². The van der Waals surface area contributed by atoms with Crippen molar-refractivity contribution in [1.82, 2.24) is 20.4 Å². The van der Waals surface area contributed by atoms with E-state index in [4.69, 9.17) is 14.0 Å². The number of carbonyl (C=O) groups excluding carboxylic acids is 1. The Morgan fingerprint density at radius 3 is 2.69 bits per heavy atom. The molecular formula is C23H23FN4O4. The van der Waals surface area contributed by atoms with Crippen molar-refractivity contribution < 1.29 is 23.2 Å². The number of amides is 2. The number of carbonyl (C=O) groups is 1. The maximum absolute atomic E-state index is 13.5. The number of benzene rings is 2. The third-order valence-corrected chi connectivity index (χ3v) is 5.30. The average molecular weight is 438 g/mol. The summed E-state index contributed by atoms with van der Waals surface area (Å²) in [6.07, 6.45) is 0. The molecule has 8 nitrogen and oxygen atoms in total. The van der Waals surface area contributed by atoms with E-state index in [2.05, 4.69) is 15.5 Å². The van der Waals surface area contributed by atoms with E-state index in [0.29, 0.717) is 41.6 Å². The van der Waals surface area contributed by atoms with Crippen LogP contribution < -0.4 is 10.1 Å². The summed E-state index contributed by atoms with van der Waals surface area (Å²) >= 11 is 0. The van der Waals surface area contributed by atoms with Gasteiger partial charge in [0.25, 0.3) is 5.89 Å². The number of halogens is 1. The third kappa shape index (κ3) is 4.19. The largest absolute Gasteiger partial charge is 0.497 e. The van der Waals surface area contributed by atoms with Crippen molar-refractivity contribution in [2.75, 3.05) is 27.4 Å². The molecule has 0 radical (unpaired) electrons. The Labute approximate surface area is 184 Å². The molecule has 166 valence electrons. The van der Waals surface area contributed by atoms with Gasteiger partial charge in [0.2, 0.25) is 5.82 Å². The summed E-state index contributed by atoms with van der Waals surface area (Å²) in [6.45, 7) is 2.53. The monoisotopic (exact) mass is 438 g/mol. The minimum Gasteiger partial charge on any atom is -0.497 e. The summed E-state index contributed by atoms with van der Waals surface area (Å²) in [5.41, 5.74) is 2.71. The molecule has 1 aliphatic heterocycles. The van der Waals surface area contributed by atoms with E-state index in [1.807, 2.05) is 25.1 Å². The fraction of sp³-hybridized carbons (Fsp3) is 0.261. The number of nitrogens with zero attached hydrogens (tertiary/aromatic N) is 3. The quantitative estimate of drug-likeness (QED) is 0.599. The van der Waals surface area contributed by atoms with E-state index in [1.54, 1.807) is 37.3 Å². The molecule has 0 fully saturated rings. The fourth-order valence-electron chi connectivity index (χ4n) is 3.63. The van der Waals surface area contributed by atoms with Crippen LogP contribution in [0.2, 0.25) is 0 Å². The predicted octanol–water partition coefficient (Wildman–Crippen LogP) is 4.03.